The van der Waals surface area contributed by atoms with Gasteiger partial charge in [-0.25, -0.2) is 0 Å². The zero-order valence-corrected chi connectivity index (χ0v) is 16.8. The molecule has 2 heteroatoms. The van der Waals surface area contributed by atoms with Crippen LogP contribution in [0.15, 0.2) is 0 Å². The third-order valence-corrected chi connectivity index (χ3v) is 4.86. The second kappa shape index (κ2) is 16.1. The van der Waals surface area contributed by atoms with E-state index in [0.29, 0.717) is 0 Å². The van der Waals surface area contributed by atoms with Crippen LogP contribution in [-0.4, -0.2) is 5.54 Å². The Morgan fingerprint density at radius 1 is 0.636 bits per heavy atom. The van der Waals surface area contributed by atoms with Crippen molar-refractivity contribution in [2.75, 3.05) is 0 Å². The Bertz CT molecular complexity index is 210. The van der Waals surface area contributed by atoms with Gasteiger partial charge in [-0.15, -0.1) is 12.4 Å². The first-order valence-electron chi connectivity index (χ1n) is 9.81. The minimum atomic E-state index is 0. The van der Waals surface area contributed by atoms with Gasteiger partial charge >= 0.3 is 0 Å². The van der Waals surface area contributed by atoms with Crippen LogP contribution in [0.5, 0.6) is 0 Å². The van der Waals surface area contributed by atoms with E-state index < -0.39 is 0 Å². The molecule has 136 valence electrons. The van der Waals surface area contributed by atoms with Gasteiger partial charge in [-0.1, -0.05) is 90.9 Å². The zero-order chi connectivity index (χ0) is 16.0. The summed E-state index contributed by atoms with van der Waals surface area (Å²) in [5, 5.41) is 0. The van der Waals surface area contributed by atoms with Crippen LogP contribution < -0.4 is 5.73 Å². The Kier molecular flexibility index (Phi) is 18.0. The lowest BCUT2D eigenvalue weighted by atomic mass is 9.80. The van der Waals surface area contributed by atoms with E-state index in [4.69, 9.17) is 5.73 Å². The maximum absolute atomic E-state index is 6.39. The number of halogens is 1. The minimum absolute atomic E-state index is 0. The molecule has 0 aliphatic carbocycles. The van der Waals surface area contributed by atoms with Gasteiger partial charge in [0.25, 0.3) is 0 Å². The fraction of sp³-hybridized carbons (Fsp3) is 1.00. The largest absolute Gasteiger partial charge is 0.325 e. The summed E-state index contributed by atoms with van der Waals surface area (Å²) in [4.78, 5) is 0. The highest BCUT2D eigenvalue weighted by Crippen LogP contribution is 2.27. The third kappa shape index (κ3) is 15.2. The lowest BCUT2D eigenvalue weighted by Gasteiger charge is -2.31. The van der Waals surface area contributed by atoms with Crippen molar-refractivity contribution in [1.29, 1.82) is 0 Å². The molecule has 0 amide bonds. The Morgan fingerprint density at radius 2 is 0.955 bits per heavy atom. The first-order valence-corrected chi connectivity index (χ1v) is 9.81. The molecule has 0 bridgehead atoms. The summed E-state index contributed by atoms with van der Waals surface area (Å²) in [6.45, 7) is 9.02. The molecular formula is C20H44ClN. The maximum Gasteiger partial charge on any atom is 0.0125 e. The first-order chi connectivity index (χ1) is 10.0. The average Bonchev–Trinajstić information content (AvgIpc) is 2.42. The topological polar surface area (TPSA) is 26.0 Å². The summed E-state index contributed by atoms with van der Waals surface area (Å²) in [6.07, 6.45) is 19.5. The Labute approximate surface area is 147 Å². The van der Waals surface area contributed by atoms with E-state index >= 15 is 0 Å². The Balaban J connectivity index is 0. The molecule has 0 spiro atoms. The fourth-order valence-corrected chi connectivity index (χ4v) is 3.23. The van der Waals surface area contributed by atoms with Gasteiger partial charge in [-0.3, -0.25) is 0 Å². The predicted octanol–water partition coefficient (Wildman–Crippen LogP) is 7.26. The molecule has 2 N–H and O–H groups in total. The summed E-state index contributed by atoms with van der Waals surface area (Å²) < 4.78 is 0. The molecule has 0 aliphatic heterocycles. The number of hydrogen-bond donors (Lipinski definition) is 1. The molecule has 0 fully saturated rings. The molecule has 1 atom stereocenters. The van der Waals surface area contributed by atoms with Gasteiger partial charge in [-0.2, -0.15) is 0 Å². The van der Waals surface area contributed by atoms with Crippen LogP contribution in [0.4, 0.5) is 0 Å². The van der Waals surface area contributed by atoms with Crippen molar-refractivity contribution in [3.05, 3.63) is 0 Å². The van der Waals surface area contributed by atoms with Crippen LogP contribution in [0.3, 0.4) is 0 Å². The molecule has 0 saturated heterocycles. The summed E-state index contributed by atoms with van der Waals surface area (Å²) in [6, 6.07) is 0. The molecule has 0 radical (unpaired) electrons. The van der Waals surface area contributed by atoms with Crippen LogP contribution in [0.2, 0.25) is 0 Å². The third-order valence-electron chi connectivity index (χ3n) is 4.86. The van der Waals surface area contributed by atoms with Crippen LogP contribution in [-0.2, 0) is 0 Å². The Hall–Kier alpha value is 0.250. The van der Waals surface area contributed by atoms with Crippen molar-refractivity contribution >= 4 is 12.4 Å². The second-order valence-electron chi connectivity index (χ2n) is 7.63. The lowest BCUT2D eigenvalue weighted by Crippen LogP contribution is -2.40. The van der Waals surface area contributed by atoms with Crippen LogP contribution in [0, 0.1) is 5.92 Å². The van der Waals surface area contributed by atoms with Crippen molar-refractivity contribution in [1.82, 2.24) is 0 Å². The average molecular weight is 334 g/mol. The number of hydrogen-bond acceptors (Lipinski definition) is 1. The van der Waals surface area contributed by atoms with Crippen LogP contribution in [0.25, 0.3) is 0 Å². The summed E-state index contributed by atoms with van der Waals surface area (Å²) in [5.74, 6) is 0.717. The number of nitrogens with two attached hydrogens (primary N) is 1. The van der Waals surface area contributed by atoms with Gasteiger partial charge in [-0.05, 0) is 32.6 Å². The van der Waals surface area contributed by atoms with Crippen molar-refractivity contribution < 1.29 is 0 Å². The number of rotatable bonds is 15. The maximum atomic E-state index is 6.39. The van der Waals surface area contributed by atoms with Crippen LogP contribution in [0.1, 0.15) is 118 Å². The van der Waals surface area contributed by atoms with E-state index in [9.17, 15) is 0 Å². The van der Waals surface area contributed by atoms with Gasteiger partial charge < -0.3 is 5.73 Å². The molecule has 22 heavy (non-hydrogen) atoms. The molecule has 0 aromatic rings. The van der Waals surface area contributed by atoms with Crippen molar-refractivity contribution in [2.45, 2.75) is 123 Å². The second-order valence-corrected chi connectivity index (χ2v) is 7.63. The summed E-state index contributed by atoms with van der Waals surface area (Å²) in [5.41, 5.74) is 6.40. The molecule has 0 aromatic carbocycles. The van der Waals surface area contributed by atoms with Gasteiger partial charge in [0.15, 0.2) is 0 Å². The Morgan fingerprint density at radius 3 is 1.32 bits per heavy atom. The van der Waals surface area contributed by atoms with Crippen molar-refractivity contribution in [3.63, 3.8) is 0 Å². The van der Waals surface area contributed by atoms with E-state index in [2.05, 4.69) is 27.7 Å². The molecule has 0 aliphatic rings. The van der Waals surface area contributed by atoms with E-state index in [-0.39, 0.29) is 17.9 Å². The molecule has 1 nitrogen and oxygen atoms in total. The highest BCUT2D eigenvalue weighted by molar-refractivity contribution is 5.85. The minimum Gasteiger partial charge on any atom is -0.325 e. The summed E-state index contributed by atoms with van der Waals surface area (Å²) in [7, 11) is 0. The molecule has 0 heterocycles. The first kappa shape index (κ1) is 24.5. The quantitative estimate of drug-likeness (QED) is 0.313. The molecule has 1 unspecified atom stereocenters. The monoisotopic (exact) mass is 333 g/mol. The lowest BCUT2D eigenvalue weighted by molar-refractivity contribution is 0.267. The highest BCUT2D eigenvalue weighted by atomic mass is 35.5. The van der Waals surface area contributed by atoms with Gasteiger partial charge in [0.2, 0.25) is 0 Å². The standard InChI is InChI=1S/C20H43N.ClH/c1-5-7-9-11-12-13-14-16-18-19(20(3,4)21)17-15-10-8-6-2;/h19H,5-18,21H2,1-4H3;1H. The molecular weight excluding hydrogens is 290 g/mol. The highest BCUT2D eigenvalue weighted by Gasteiger charge is 2.23. The van der Waals surface area contributed by atoms with Crippen molar-refractivity contribution in [2.24, 2.45) is 11.7 Å². The molecule has 0 rings (SSSR count). The van der Waals surface area contributed by atoms with E-state index in [1.807, 2.05) is 0 Å². The van der Waals surface area contributed by atoms with Crippen LogP contribution >= 0.6 is 12.4 Å². The molecule has 0 saturated carbocycles. The number of unbranched alkanes of at least 4 members (excludes halogenated alkanes) is 10. The van der Waals surface area contributed by atoms with Gasteiger partial charge in [0.05, 0.1) is 0 Å². The van der Waals surface area contributed by atoms with Crippen molar-refractivity contribution in [3.8, 4) is 0 Å². The van der Waals surface area contributed by atoms with Gasteiger partial charge in [0, 0.05) is 5.54 Å². The zero-order valence-electron chi connectivity index (χ0n) is 16.0. The smallest absolute Gasteiger partial charge is 0.0125 e. The predicted molar refractivity (Wildman–Crippen MR) is 105 cm³/mol. The molecule has 0 aromatic heterocycles. The van der Waals surface area contributed by atoms with E-state index in [1.54, 1.807) is 0 Å². The van der Waals surface area contributed by atoms with E-state index in [0.717, 1.165) is 5.92 Å². The normalized spacial score (nSPS) is 13.0. The summed E-state index contributed by atoms with van der Waals surface area (Å²) >= 11 is 0. The fourth-order valence-electron chi connectivity index (χ4n) is 3.23. The van der Waals surface area contributed by atoms with Gasteiger partial charge in [0.1, 0.15) is 0 Å². The SMILES string of the molecule is CCCCCCCCCCC(CCCCCC)C(C)(C)N.Cl. The van der Waals surface area contributed by atoms with E-state index in [1.165, 1.54) is 89.9 Å².